The first kappa shape index (κ1) is 13.5. The summed E-state index contributed by atoms with van der Waals surface area (Å²) in [6.45, 7) is 0. The van der Waals surface area contributed by atoms with Crippen LogP contribution in [0.1, 0.15) is 16.1 Å². The van der Waals surface area contributed by atoms with E-state index in [-0.39, 0.29) is 17.5 Å². The Hall–Kier alpha value is -2.94. The molecule has 1 amide bonds. The van der Waals surface area contributed by atoms with Crippen LogP contribution in [0.2, 0.25) is 0 Å². The van der Waals surface area contributed by atoms with Gasteiger partial charge in [0.2, 0.25) is 5.88 Å². The molecule has 0 bridgehead atoms. The molecule has 0 atom stereocenters. The van der Waals surface area contributed by atoms with E-state index in [4.69, 9.17) is 10.00 Å². The summed E-state index contributed by atoms with van der Waals surface area (Å²) < 4.78 is 5.50. The molecule has 0 aliphatic heterocycles. The molecule has 6 heteroatoms. The van der Waals surface area contributed by atoms with E-state index in [0.29, 0.717) is 11.3 Å². The van der Waals surface area contributed by atoms with Crippen LogP contribution in [0.3, 0.4) is 0 Å². The molecule has 0 fully saturated rings. The van der Waals surface area contributed by atoms with Crippen molar-refractivity contribution in [3.63, 3.8) is 0 Å². The lowest BCUT2D eigenvalue weighted by molar-refractivity contribution is 0.0820. The average Bonchev–Trinajstić information content (AvgIpc) is 2.47. The molecule has 100 valence electrons. The fourth-order valence-corrected chi connectivity index (χ4v) is 1.49. The first-order valence-corrected chi connectivity index (χ1v) is 5.82. The summed E-state index contributed by atoms with van der Waals surface area (Å²) in [6, 6.07) is 8.80. The lowest BCUT2D eigenvalue weighted by atomic mass is 10.2. The Morgan fingerprint density at radius 2 is 2.05 bits per heavy atom. The fraction of sp³-hybridized carbons (Fsp3) is 0.143. The van der Waals surface area contributed by atoms with Crippen molar-refractivity contribution in [2.24, 2.45) is 0 Å². The van der Waals surface area contributed by atoms with Crippen molar-refractivity contribution in [3.8, 4) is 17.7 Å². The number of carbonyl (C=O) groups excluding carboxylic acids is 1. The minimum atomic E-state index is -0.267. The zero-order chi connectivity index (χ0) is 14.5. The van der Waals surface area contributed by atoms with Crippen molar-refractivity contribution in [1.82, 2.24) is 14.9 Å². The molecule has 20 heavy (non-hydrogen) atoms. The molecule has 6 nitrogen and oxygen atoms in total. The van der Waals surface area contributed by atoms with Gasteiger partial charge in [-0.3, -0.25) is 9.78 Å². The SMILES string of the molecule is CN(C)C(=O)c1cncc(Oc2ccccc2C#N)n1. The van der Waals surface area contributed by atoms with E-state index in [1.807, 2.05) is 6.07 Å². The molecule has 0 spiro atoms. The Morgan fingerprint density at radius 3 is 2.75 bits per heavy atom. The highest BCUT2D eigenvalue weighted by Gasteiger charge is 2.12. The number of nitrogens with zero attached hydrogens (tertiary/aromatic N) is 4. The lowest BCUT2D eigenvalue weighted by Crippen LogP contribution is -2.23. The molecule has 1 aromatic carbocycles. The van der Waals surface area contributed by atoms with E-state index in [1.54, 1.807) is 38.4 Å². The van der Waals surface area contributed by atoms with Crippen LogP contribution < -0.4 is 4.74 Å². The molecule has 0 aliphatic carbocycles. The Bertz CT molecular complexity index is 677. The van der Waals surface area contributed by atoms with E-state index in [0.717, 1.165) is 0 Å². The Labute approximate surface area is 116 Å². The van der Waals surface area contributed by atoms with Gasteiger partial charge in [0.15, 0.2) is 5.69 Å². The van der Waals surface area contributed by atoms with Crippen molar-refractivity contribution in [1.29, 1.82) is 5.26 Å². The normalized spacial score (nSPS) is 9.65. The average molecular weight is 268 g/mol. The predicted molar refractivity (Wildman–Crippen MR) is 71.3 cm³/mol. The second-order valence-corrected chi connectivity index (χ2v) is 4.15. The highest BCUT2D eigenvalue weighted by Crippen LogP contribution is 2.22. The van der Waals surface area contributed by atoms with E-state index in [1.165, 1.54) is 17.3 Å². The summed E-state index contributed by atoms with van der Waals surface area (Å²) in [5.41, 5.74) is 0.570. The maximum Gasteiger partial charge on any atom is 0.273 e. The van der Waals surface area contributed by atoms with E-state index in [9.17, 15) is 4.79 Å². The number of nitriles is 1. The van der Waals surface area contributed by atoms with Gasteiger partial charge >= 0.3 is 0 Å². The number of rotatable bonds is 3. The van der Waals surface area contributed by atoms with E-state index in [2.05, 4.69) is 9.97 Å². The van der Waals surface area contributed by atoms with Gasteiger partial charge in [-0.25, -0.2) is 4.98 Å². The first-order chi connectivity index (χ1) is 9.61. The van der Waals surface area contributed by atoms with Crippen molar-refractivity contribution in [2.45, 2.75) is 0 Å². The molecule has 2 rings (SSSR count). The second-order valence-electron chi connectivity index (χ2n) is 4.15. The van der Waals surface area contributed by atoms with Crippen LogP contribution in [0, 0.1) is 11.3 Å². The van der Waals surface area contributed by atoms with Gasteiger partial charge in [-0.2, -0.15) is 5.26 Å². The molecular formula is C14H12N4O2. The number of para-hydroxylation sites is 1. The zero-order valence-electron chi connectivity index (χ0n) is 11.1. The van der Waals surface area contributed by atoms with Gasteiger partial charge in [-0.15, -0.1) is 0 Å². The minimum absolute atomic E-state index is 0.167. The van der Waals surface area contributed by atoms with Crippen molar-refractivity contribution < 1.29 is 9.53 Å². The number of aromatic nitrogens is 2. The quantitative estimate of drug-likeness (QED) is 0.848. The number of hydrogen-bond acceptors (Lipinski definition) is 5. The Kier molecular flexibility index (Phi) is 3.91. The van der Waals surface area contributed by atoms with Crippen LogP contribution in [0.5, 0.6) is 11.6 Å². The number of carbonyl (C=O) groups is 1. The zero-order valence-corrected chi connectivity index (χ0v) is 11.1. The topological polar surface area (TPSA) is 79.1 Å². The smallest absolute Gasteiger partial charge is 0.273 e. The second kappa shape index (κ2) is 5.80. The fourth-order valence-electron chi connectivity index (χ4n) is 1.49. The van der Waals surface area contributed by atoms with Crippen LogP contribution in [0.15, 0.2) is 36.7 Å². The van der Waals surface area contributed by atoms with Crippen LogP contribution >= 0.6 is 0 Å². The van der Waals surface area contributed by atoms with Crippen molar-refractivity contribution >= 4 is 5.91 Å². The van der Waals surface area contributed by atoms with Crippen LogP contribution in [-0.2, 0) is 0 Å². The molecule has 2 aromatic rings. The van der Waals surface area contributed by atoms with Crippen molar-refractivity contribution in [3.05, 3.63) is 47.9 Å². The highest BCUT2D eigenvalue weighted by atomic mass is 16.5. The van der Waals surface area contributed by atoms with Crippen LogP contribution in [-0.4, -0.2) is 34.9 Å². The number of amides is 1. The van der Waals surface area contributed by atoms with Crippen LogP contribution in [0.25, 0.3) is 0 Å². The third-order valence-electron chi connectivity index (χ3n) is 2.46. The summed E-state index contributed by atoms with van der Waals surface area (Å²) in [7, 11) is 3.26. The summed E-state index contributed by atoms with van der Waals surface area (Å²) in [4.78, 5) is 21.2. The maximum atomic E-state index is 11.8. The minimum Gasteiger partial charge on any atom is -0.436 e. The summed E-state index contributed by atoms with van der Waals surface area (Å²) in [5, 5.41) is 8.99. The molecule has 0 aliphatic rings. The molecule has 0 saturated carbocycles. The molecular weight excluding hydrogens is 256 g/mol. The van der Waals surface area contributed by atoms with Gasteiger partial charge < -0.3 is 9.64 Å². The number of hydrogen-bond donors (Lipinski definition) is 0. The number of ether oxygens (including phenoxy) is 1. The Morgan fingerprint density at radius 1 is 1.30 bits per heavy atom. The van der Waals surface area contributed by atoms with Crippen molar-refractivity contribution in [2.75, 3.05) is 14.1 Å². The molecule has 0 unspecified atom stereocenters. The van der Waals surface area contributed by atoms with Gasteiger partial charge in [0.25, 0.3) is 5.91 Å². The van der Waals surface area contributed by atoms with Gasteiger partial charge in [0.1, 0.15) is 11.8 Å². The molecule has 0 N–H and O–H groups in total. The lowest BCUT2D eigenvalue weighted by Gasteiger charge is -2.10. The molecule has 0 radical (unpaired) electrons. The highest BCUT2D eigenvalue weighted by molar-refractivity contribution is 5.91. The molecule has 1 aromatic heterocycles. The molecule has 0 saturated heterocycles. The Balaban J connectivity index is 2.29. The van der Waals surface area contributed by atoms with Gasteiger partial charge in [0, 0.05) is 14.1 Å². The first-order valence-electron chi connectivity index (χ1n) is 5.82. The number of benzene rings is 1. The third kappa shape index (κ3) is 2.90. The van der Waals surface area contributed by atoms with E-state index >= 15 is 0 Å². The summed E-state index contributed by atoms with van der Waals surface area (Å²) in [6.07, 6.45) is 2.76. The van der Waals surface area contributed by atoms with E-state index < -0.39 is 0 Å². The standard InChI is InChI=1S/C14H12N4O2/c1-18(2)14(19)11-8-16-9-13(17-11)20-12-6-4-3-5-10(12)7-15/h3-6,8-9H,1-2H3. The largest absolute Gasteiger partial charge is 0.436 e. The van der Waals surface area contributed by atoms with Gasteiger partial charge in [-0.1, -0.05) is 12.1 Å². The van der Waals surface area contributed by atoms with Gasteiger partial charge in [-0.05, 0) is 12.1 Å². The van der Waals surface area contributed by atoms with Gasteiger partial charge in [0.05, 0.1) is 18.0 Å². The third-order valence-corrected chi connectivity index (χ3v) is 2.46. The van der Waals surface area contributed by atoms with Crippen LogP contribution in [0.4, 0.5) is 0 Å². The molecule has 1 heterocycles. The summed E-state index contributed by atoms with van der Waals surface area (Å²) >= 11 is 0. The predicted octanol–water partition coefficient (Wildman–Crippen LogP) is 1.84. The maximum absolute atomic E-state index is 11.8. The monoisotopic (exact) mass is 268 g/mol. The summed E-state index contributed by atoms with van der Waals surface area (Å²) in [5.74, 6) is 0.274.